The first-order chi connectivity index (χ1) is 14.4. The fourth-order valence-corrected chi connectivity index (χ4v) is 5.38. The van der Waals surface area contributed by atoms with Crippen LogP contribution >= 0.6 is 0 Å². The summed E-state index contributed by atoms with van der Waals surface area (Å²) in [6.07, 6.45) is 37.4. The van der Waals surface area contributed by atoms with Gasteiger partial charge in [0.25, 0.3) is 0 Å². The summed E-state index contributed by atoms with van der Waals surface area (Å²) in [6, 6.07) is 0. The van der Waals surface area contributed by atoms with Crippen molar-refractivity contribution in [3.8, 4) is 0 Å². The third-order valence-corrected chi connectivity index (χ3v) is 7.28. The van der Waals surface area contributed by atoms with E-state index in [-0.39, 0.29) is 0 Å². The van der Waals surface area contributed by atoms with Crippen LogP contribution in [0.3, 0.4) is 0 Å². The first-order valence-electron chi connectivity index (χ1n) is 13.6. The Labute approximate surface area is 185 Å². The van der Waals surface area contributed by atoms with Gasteiger partial charge in [0.1, 0.15) is 0 Å². The zero-order valence-electron chi connectivity index (χ0n) is 20.0. The van der Waals surface area contributed by atoms with Gasteiger partial charge in [-0.15, -0.1) is 13.2 Å². The Balaban J connectivity index is 2.09. The molecule has 0 aromatic carbocycles. The van der Waals surface area contributed by atoms with Crippen molar-refractivity contribution in [1.82, 2.24) is 0 Å². The SMILES string of the molecule is C=CCCCCCCCCCC(CCCCCCCCCC=C)C1CCCCC1. The number of hydrogen-bond acceptors (Lipinski definition) is 0. The van der Waals surface area contributed by atoms with Gasteiger partial charge in [-0.3, -0.25) is 0 Å². The van der Waals surface area contributed by atoms with Crippen LogP contribution in [0.1, 0.15) is 148 Å². The second kappa shape index (κ2) is 20.7. The second-order valence-electron chi connectivity index (χ2n) is 9.84. The van der Waals surface area contributed by atoms with Gasteiger partial charge in [-0.2, -0.15) is 0 Å². The summed E-state index contributed by atoms with van der Waals surface area (Å²) in [7, 11) is 0. The van der Waals surface area contributed by atoms with Crippen LogP contribution < -0.4 is 0 Å². The molecular weight excluding hydrogens is 348 g/mol. The Bertz CT molecular complexity index is 323. The third kappa shape index (κ3) is 15.9. The molecule has 0 saturated heterocycles. The Morgan fingerprint density at radius 1 is 0.517 bits per heavy atom. The Morgan fingerprint density at radius 3 is 1.31 bits per heavy atom. The van der Waals surface area contributed by atoms with E-state index in [0.717, 1.165) is 11.8 Å². The van der Waals surface area contributed by atoms with Crippen molar-refractivity contribution in [3.05, 3.63) is 25.3 Å². The van der Waals surface area contributed by atoms with Crippen molar-refractivity contribution in [2.75, 3.05) is 0 Å². The molecule has 0 N–H and O–H groups in total. The highest BCUT2D eigenvalue weighted by molar-refractivity contribution is 4.75. The fraction of sp³-hybridized carbons (Fsp3) is 0.862. The molecule has 1 rings (SSSR count). The van der Waals surface area contributed by atoms with Crippen molar-refractivity contribution in [2.24, 2.45) is 11.8 Å². The minimum Gasteiger partial charge on any atom is -0.103 e. The number of rotatable bonds is 21. The van der Waals surface area contributed by atoms with Gasteiger partial charge in [-0.1, -0.05) is 134 Å². The van der Waals surface area contributed by atoms with Crippen LogP contribution in [0.25, 0.3) is 0 Å². The van der Waals surface area contributed by atoms with E-state index in [9.17, 15) is 0 Å². The van der Waals surface area contributed by atoms with Gasteiger partial charge in [0.2, 0.25) is 0 Å². The number of hydrogen-bond donors (Lipinski definition) is 0. The topological polar surface area (TPSA) is 0 Å². The highest BCUT2D eigenvalue weighted by Crippen LogP contribution is 2.36. The van der Waals surface area contributed by atoms with Gasteiger partial charge < -0.3 is 0 Å². The zero-order valence-corrected chi connectivity index (χ0v) is 20.0. The Hall–Kier alpha value is -0.520. The van der Waals surface area contributed by atoms with E-state index in [2.05, 4.69) is 25.3 Å². The smallest absolute Gasteiger partial charge is 0.0353 e. The van der Waals surface area contributed by atoms with Gasteiger partial charge in [0.15, 0.2) is 0 Å². The van der Waals surface area contributed by atoms with Crippen LogP contribution in [-0.2, 0) is 0 Å². The highest BCUT2D eigenvalue weighted by Gasteiger charge is 2.22. The molecule has 0 aliphatic heterocycles. The van der Waals surface area contributed by atoms with Crippen LogP contribution in [0.4, 0.5) is 0 Å². The van der Waals surface area contributed by atoms with Crippen molar-refractivity contribution in [2.45, 2.75) is 148 Å². The van der Waals surface area contributed by atoms with E-state index in [1.54, 1.807) is 0 Å². The average Bonchev–Trinajstić information content (AvgIpc) is 2.76. The lowest BCUT2D eigenvalue weighted by Crippen LogP contribution is -2.18. The predicted molar refractivity (Wildman–Crippen MR) is 134 cm³/mol. The summed E-state index contributed by atoms with van der Waals surface area (Å²) in [5.74, 6) is 2.12. The lowest BCUT2D eigenvalue weighted by molar-refractivity contribution is 0.214. The molecule has 1 fully saturated rings. The largest absolute Gasteiger partial charge is 0.103 e. The van der Waals surface area contributed by atoms with Gasteiger partial charge in [0.05, 0.1) is 0 Å². The first-order valence-corrected chi connectivity index (χ1v) is 13.6. The summed E-state index contributed by atoms with van der Waals surface area (Å²) in [5.41, 5.74) is 0. The van der Waals surface area contributed by atoms with E-state index in [4.69, 9.17) is 0 Å². The third-order valence-electron chi connectivity index (χ3n) is 7.28. The van der Waals surface area contributed by atoms with Crippen LogP contribution in [0, 0.1) is 11.8 Å². The van der Waals surface area contributed by atoms with E-state index in [1.807, 2.05) is 0 Å². The van der Waals surface area contributed by atoms with E-state index >= 15 is 0 Å². The molecule has 0 bridgehead atoms. The molecule has 0 spiro atoms. The molecule has 0 aromatic heterocycles. The molecule has 1 aliphatic rings. The molecule has 0 radical (unpaired) electrons. The molecule has 170 valence electrons. The summed E-state index contributed by atoms with van der Waals surface area (Å²) in [5, 5.41) is 0. The Morgan fingerprint density at radius 2 is 0.897 bits per heavy atom. The molecule has 1 aliphatic carbocycles. The van der Waals surface area contributed by atoms with Crippen molar-refractivity contribution < 1.29 is 0 Å². The van der Waals surface area contributed by atoms with E-state index in [1.165, 1.54) is 148 Å². The highest BCUT2D eigenvalue weighted by atomic mass is 14.3. The van der Waals surface area contributed by atoms with Crippen LogP contribution in [0.15, 0.2) is 25.3 Å². The molecule has 0 atom stereocenters. The molecule has 0 nitrogen and oxygen atoms in total. The summed E-state index contributed by atoms with van der Waals surface area (Å²) < 4.78 is 0. The number of allylic oxidation sites excluding steroid dienone is 2. The lowest BCUT2D eigenvalue weighted by Gasteiger charge is -2.30. The van der Waals surface area contributed by atoms with E-state index < -0.39 is 0 Å². The lowest BCUT2D eigenvalue weighted by atomic mass is 9.75. The predicted octanol–water partition coefficient (Wildman–Crippen LogP) is 10.6. The van der Waals surface area contributed by atoms with Gasteiger partial charge in [-0.25, -0.2) is 0 Å². The van der Waals surface area contributed by atoms with Crippen LogP contribution in [-0.4, -0.2) is 0 Å². The van der Waals surface area contributed by atoms with Gasteiger partial charge in [0, 0.05) is 0 Å². The average molecular weight is 403 g/mol. The molecule has 0 aromatic rings. The zero-order chi connectivity index (χ0) is 20.8. The minimum atomic E-state index is 1.05. The van der Waals surface area contributed by atoms with Crippen molar-refractivity contribution in [3.63, 3.8) is 0 Å². The standard InChI is InChI=1S/C29H54/c1-3-5-7-9-11-13-15-17-20-24-28(29-26-22-19-23-27-29)25-21-18-16-14-12-10-8-6-4-2/h3-4,28-29H,1-2,5-27H2. The van der Waals surface area contributed by atoms with Crippen LogP contribution in [0.5, 0.6) is 0 Å². The molecule has 0 amide bonds. The second-order valence-corrected chi connectivity index (χ2v) is 9.84. The maximum Gasteiger partial charge on any atom is -0.0353 e. The molecule has 1 saturated carbocycles. The summed E-state index contributed by atoms with van der Waals surface area (Å²) in [6.45, 7) is 7.64. The number of unbranched alkanes of at least 4 members (excludes halogenated alkanes) is 14. The molecule has 0 heteroatoms. The normalized spacial score (nSPS) is 15.1. The van der Waals surface area contributed by atoms with Gasteiger partial charge in [-0.05, 0) is 37.5 Å². The maximum atomic E-state index is 3.82. The van der Waals surface area contributed by atoms with Gasteiger partial charge >= 0.3 is 0 Å². The maximum absolute atomic E-state index is 3.82. The first kappa shape index (κ1) is 26.5. The van der Waals surface area contributed by atoms with Crippen LogP contribution in [0.2, 0.25) is 0 Å². The molecule has 0 unspecified atom stereocenters. The summed E-state index contributed by atoms with van der Waals surface area (Å²) in [4.78, 5) is 0. The minimum absolute atomic E-state index is 1.05. The molecular formula is C29H54. The van der Waals surface area contributed by atoms with Crippen molar-refractivity contribution in [1.29, 1.82) is 0 Å². The molecule has 0 heterocycles. The summed E-state index contributed by atoms with van der Waals surface area (Å²) >= 11 is 0. The molecule has 29 heavy (non-hydrogen) atoms. The van der Waals surface area contributed by atoms with E-state index in [0.29, 0.717) is 0 Å². The monoisotopic (exact) mass is 402 g/mol. The van der Waals surface area contributed by atoms with Crippen molar-refractivity contribution >= 4 is 0 Å². The Kier molecular flexibility index (Phi) is 19.0. The fourth-order valence-electron chi connectivity index (χ4n) is 5.38. The quantitative estimate of drug-likeness (QED) is 0.132.